The van der Waals surface area contributed by atoms with Gasteiger partial charge in [-0.2, -0.15) is 5.26 Å². The second kappa shape index (κ2) is 5.29. The highest BCUT2D eigenvalue weighted by molar-refractivity contribution is 9.10. The number of pyridine rings is 1. The molecule has 0 radical (unpaired) electrons. The zero-order valence-corrected chi connectivity index (χ0v) is 12.3. The third kappa shape index (κ3) is 2.40. The number of aromatic nitrogens is 1. The van der Waals surface area contributed by atoms with Gasteiger partial charge in [-0.3, -0.25) is 0 Å². The van der Waals surface area contributed by atoms with Gasteiger partial charge in [0.15, 0.2) is 0 Å². The quantitative estimate of drug-likeness (QED) is 0.922. The first-order chi connectivity index (χ1) is 9.06. The number of rotatable bonds is 2. The topological polar surface area (TPSA) is 65.9 Å². The highest BCUT2D eigenvalue weighted by Crippen LogP contribution is 2.34. The van der Waals surface area contributed by atoms with Crippen molar-refractivity contribution in [2.45, 2.75) is 6.92 Å². The van der Waals surface area contributed by atoms with E-state index in [1.54, 1.807) is 12.3 Å². The van der Waals surface area contributed by atoms with E-state index < -0.39 is 0 Å². The highest BCUT2D eigenvalue weighted by atomic mass is 79.9. The molecule has 0 bridgehead atoms. The van der Waals surface area contributed by atoms with Gasteiger partial charge in [0.05, 0.1) is 27.6 Å². The van der Waals surface area contributed by atoms with Crippen LogP contribution in [0.25, 0.3) is 0 Å². The second-order valence-corrected chi connectivity index (χ2v) is 4.96. The van der Waals surface area contributed by atoms with Crippen LogP contribution in [0.15, 0.2) is 34.9 Å². The fourth-order valence-electron chi connectivity index (χ4n) is 1.79. The molecule has 2 aromatic rings. The number of hydrogen-bond acceptors (Lipinski definition) is 4. The van der Waals surface area contributed by atoms with Crippen LogP contribution in [0, 0.1) is 18.3 Å². The summed E-state index contributed by atoms with van der Waals surface area (Å²) in [4.78, 5) is 6.21. The maximum atomic E-state index is 9.15. The maximum absolute atomic E-state index is 9.15. The molecule has 1 aromatic carbocycles. The number of para-hydroxylation sites is 1. The minimum Gasteiger partial charge on any atom is -0.397 e. The largest absolute Gasteiger partial charge is 0.397 e. The molecule has 5 heteroatoms. The Morgan fingerprint density at radius 1 is 1.37 bits per heavy atom. The molecule has 0 fully saturated rings. The van der Waals surface area contributed by atoms with Gasteiger partial charge in [0, 0.05) is 7.05 Å². The van der Waals surface area contributed by atoms with Crippen LogP contribution in [0.4, 0.5) is 17.2 Å². The number of halogens is 1. The minimum atomic E-state index is 0.605. The molecule has 0 atom stereocenters. The first-order valence-electron chi connectivity index (χ1n) is 5.69. The van der Waals surface area contributed by atoms with Crippen molar-refractivity contribution in [2.24, 2.45) is 0 Å². The molecular weight excluding hydrogens is 304 g/mol. The molecule has 0 unspecified atom stereocenters. The molecular formula is C14H13BrN4. The Hall–Kier alpha value is -2.06. The van der Waals surface area contributed by atoms with Crippen molar-refractivity contribution in [3.8, 4) is 6.07 Å². The molecule has 2 N–H and O–H groups in total. The lowest BCUT2D eigenvalue weighted by Crippen LogP contribution is -2.14. The van der Waals surface area contributed by atoms with Crippen LogP contribution in [0.2, 0.25) is 0 Å². The normalized spacial score (nSPS) is 10.0. The van der Waals surface area contributed by atoms with Gasteiger partial charge < -0.3 is 10.6 Å². The van der Waals surface area contributed by atoms with Gasteiger partial charge in [0.1, 0.15) is 11.9 Å². The van der Waals surface area contributed by atoms with Crippen molar-refractivity contribution in [3.63, 3.8) is 0 Å². The molecule has 0 aliphatic rings. The predicted octanol–water partition coefficient (Wildman–Crippen LogP) is 3.37. The van der Waals surface area contributed by atoms with Gasteiger partial charge in [0.25, 0.3) is 0 Å². The van der Waals surface area contributed by atoms with E-state index in [1.807, 2.05) is 37.1 Å². The molecule has 0 aliphatic carbocycles. The molecule has 0 spiro atoms. The number of anilines is 3. The molecule has 0 amide bonds. The van der Waals surface area contributed by atoms with Gasteiger partial charge in [-0.15, -0.1) is 0 Å². The van der Waals surface area contributed by atoms with Crippen molar-refractivity contribution < 1.29 is 0 Å². The van der Waals surface area contributed by atoms with Gasteiger partial charge in [0.2, 0.25) is 0 Å². The molecule has 19 heavy (non-hydrogen) atoms. The SMILES string of the molecule is Cc1c(N)cnc(N(C)c2ccccc2C#N)c1Br. The Morgan fingerprint density at radius 3 is 2.74 bits per heavy atom. The van der Waals surface area contributed by atoms with Crippen molar-refractivity contribution in [1.29, 1.82) is 5.26 Å². The number of hydrogen-bond donors (Lipinski definition) is 1. The van der Waals surface area contributed by atoms with Crippen LogP contribution in [-0.2, 0) is 0 Å². The zero-order chi connectivity index (χ0) is 14.0. The Bertz CT molecular complexity index is 661. The lowest BCUT2D eigenvalue weighted by Gasteiger charge is -2.21. The smallest absolute Gasteiger partial charge is 0.147 e. The summed E-state index contributed by atoms with van der Waals surface area (Å²) in [5, 5.41) is 9.15. The van der Waals surface area contributed by atoms with Gasteiger partial charge in [-0.25, -0.2) is 4.98 Å². The van der Waals surface area contributed by atoms with E-state index in [9.17, 15) is 0 Å². The molecule has 0 aliphatic heterocycles. The average Bonchev–Trinajstić information content (AvgIpc) is 2.44. The summed E-state index contributed by atoms with van der Waals surface area (Å²) in [5.74, 6) is 0.731. The van der Waals surface area contributed by atoms with E-state index in [0.29, 0.717) is 11.3 Å². The molecule has 2 rings (SSSR count). The number of nitriles is 1. The Balaban J connectivity index is 2.54. The first-order valence-corrected chi connectivity index (χ1v) is 6.49. The van der Waals surface area contributed by atoms with Crippen LogP contribution in [0.1, 0.15) is 11.1 Å². The Morgan fingerprint density at radius 2 is 2.05 bits per heavy atom. The standard InChI is InChI=1S/C14H13BrN4/c1-9-11(17)8-18-14(13(9)15)19(2)12-6-4-3-5-10(12)7-16/h3-6,8H,17H2,1-2H3. The maximum Gasteiger partial charge on any atom is 0.147 e. The number of nitrogen functional groups attached to an aromatic ring is 1. The lowest BCUT2D eigenvalue weighted by atomic mass is 10.1. The predicted molar refractivity (Wildman–Crippen MR) is 80.3 cm³/mol. The van der Waals surface area contributed by atoms with Gasteiger partial charge in [-0.1, -0.05) is 12.1 Å². The van der Waals surface area contributed by atoms with E-state index in [1.165, 1.54) is 0 Å². The van der Waals surface area contributed by atoms with Crippen molar-refractivity contribution in [2.75, 3.05) is 17.7 Å². The monoisotopic (exact) mass is 316 g/mol. The summed E-state index contributed by atoms with van der Waals surface area (Å²) in [5.41, 5.74) is 8.81. The Labute approximate surface area is 120 Å². The summed E-state index contributed by atoms with van der Waals surface area (Å²) in [6, 6.07) is 9.58. The molecule has 0 saturated heterocycles. The van der Waals surface area contributed by atoms with Crippen molar-refractivity contribution in [3.05, 3.63) is 46.1 Å². The number of benzene rings is 1. The van der Waals surface area contributed by atoms with E-state index in [-0.39, 0.29) is 0 Å². The molecule has 0 saturated carbocycles. The van der Waals surface area contributed by atoms with Crippen molar-refractivity contribution >= 4 is 33.1 Å². The van der Waals surface area contributed by atoms with Gasteiger partial charge in [-0.05, 0) is 40.5 Å². The number of nitrogens with zero attached hydrogens (tertiary/aromatic N) is 3. The van der Waals surface area contributed by atoms with E-state index in [4.69, 9.17) is 11.0 Å². The molecule has 1 heterocycles. The Kier molecular flexibility index (Phi) is 3.72. The van der Waals surface area contributed by atoms with Crippen molar-refractivity contribution in [1.82, 2.24) is 4.98 Å². The van der Waals surface area contributed by atoms with E-state index >= 15 is 0 Å². The summed E-state index contributed by atoms with van der Waals surface area (Å²) in [6.07, 6.45) is 1.63. The van der Waals surface area contributed by atoms with Crippen LogP contribution >= 0.6 is 15.9 Å². The number of nitrogens with two attached hydrogens (primary N) is 1. The molecule has 96 valence electrons. The van der Waals surface area contributed by atoms with Crippen LogP contribution in [-0.4, -0.2) is 12.0 Å². The fourth-order valence-corrected chi connectivity index (χ4v) is 2.38. The first kappa shape index (κ1) is 13.4. The van der Waals surface area contributed by atoms with E-state index in [2.05, 4.69) is 27.0 Å². The second-order valence-electron chi connectivity index (χ2n) is 4.16. The summed E-state index contributed by atoms with van der Waals surface area (Å²) < 4.78 is 0.836. The third-order valence-electron chi connectivity index (χ3n) is 2.99. The fraction of sp³-hybridized carbons (Fsp3) is 0.143. The molecule has 4 nitrogen and oxygen atoms in total. The highest BCUT2D eigenvalue weighted by Gasteiger charge is 2.15. The van der Waals surface area contributed by atoms with Gasteiger partial charge >= 0.3 is 0 Å². The van der Waals surface area contributed by atoms with Crippen LogP contribution < -0.4 is 10.6 Å². The zero-order valence-electron chi connectivity index (χ0n) is 10.7. The summed E-state index contributed by atoms with van der Waals surface area (Å²) in [7, 11) is 1.87. The summed E-state index contributed by atoms with van der Waals surface area (Å²) >= 11 is 3.51. The average molecular weight is 317 g/mol. The lowest BCUT2D eigenvalue weighted by molar-refractivity contribution is 1.10. The van der Waals surface area contributed by atoms with E-state index in [0.717, 1.165) is 21.5 Å². The van der Waals surface area contributed by atoms with Crippen LogP contribution in [0.3, 0.4) is 0 Å². The molecule has 1 aromatic heterocycles. The van der Waals surface area contributed by atoms with Crippen LogP contribution in [0.5, 0.6) is 0 Å². The summed E-state index contributed by atoms with van der Waals surface area (Å²) in [6.45, 7) is 1.93. The minimum absolute atomic E-state index is 0.605. The third-order valence-corrected chi connectivity index (χ3v) is 3.94.